The number of carbonyl (C=O) groups excluding carboxylic acids is 4. The predicted molar refractivity (Wildman–Crippen MR) is 178 cm³/mol. The molecule has 0 bridgehead atoms. The summed E-state index contributed by atoms with van der Waals surface area (Å²) in [4.78, 5) is 59.5. The fraction of sp³-hybridized carbons (Fsp3) is 0.243. The topological polar surface area (TPSA) is 118 Å². The van der Waals surface area contributed by atoms with Crippen molar-refractivity contribution >= 4 is 40.6 Å². The molecular weight excluding hydrogens is 612 g/mol. The number of hydrogen-bond donors (Lipinski definition) is 1. The quantitative estimate of drug-likeness (QED) is 0.264. The number of fused-ring (bicyclic) bond motifs is 2. The van der Waals surface area contributed by atoms with Crippen LogP contribution in [0.5, 0.6) is 11.5 Å². The van der Waals surface area contributed by atoms with Crippen molar-refractivity contribution in [3.05, 3.63) is 113 Å². The number of amides is 3. The van der Waals surface area contributed by atoms with Gasteiger partial charge in [-0.25, -0.2) is 0 Å². The highest BCUT2D eigenvalue weighted by atomic mass is 16.7. The maximum absolute atomic E-state index is 14.4. The van der Waals surface area contributed by atoms with Gasteiger partial charge in [-0.15, -0.1) is 0 Å². The number of anilines is 3. The van der Waals surface area contributed by atoms with Gasteiger partial charge in [-0.3, -0.25) is 24.1 Å². The van der Waals surface area contributed by atoms with E-state index in [-0.39, 0.29) is 18.9 Å². The van der Waals surface area contributed by atoms with Crippen molar-refractivity contribution in [2.75, 3.05) is 54.8 Å². The van der Waals surface area contributed by atoms with E-state index in [1.165, 1.54) is 9.80 Å². The fourth-order valence-corrected chi connectivity index (χ4v) is 6.19. The summed E-state index contributed by atoms with van der Waals surface area (Å²) in [6, 6.07) is 25.8. The SMILES string of the molecule is Cc1ccc(CN(C(=O)CN2C(=O)C(=O)c3ccccc32)C(C(=O)Nc2ccc(N3CCOCC3)cc2)c2ccc3c(c2)OCO3)cc1. The van der Waals surface area contributed by atoms with Crippen LogP contribution in [0.1, 0.15) is 33.1 Å². The second-order valence-electron chi connectivity index (χ2n) is 11.9. The zero-order valence-electron chi connectivity index (χ0n) is 26.4. The first kappa shape index (κ1) is 30.9. The van der Waals surface area contributed by atoms with Gasteiger partial charge in [0.25, 0.3) is 17.6 Å². The average molecular weight is 647 g/mol. The highest BCUT2D eigenvalue weighted by molar-refractivity contribution is 6.52. The molecule has 11 heteroatoms. The van der Waals surface area contributed by atoms with Gasteiger partial charge in [0.2, 0.25) is 12.7 Å². The number of para-hydroxylation sites is 1. The second kappa shape index (κ2) is 13.2. The van der Waals surface area contributed by atoms with Gasteiger partial charge in [-0.1, -0.05) is 48.0 Å². The molecule has 3 amide bonds. The van der Waals surface area contributed by atoms with E-state index in [1.807, 2.05) is 55.5 Å². The van der Waals surface area contributed by atoms with E-state index in [2.05, 4.69) is 10.2 Å². The van der Waals surface area contributed by atoms with E-state index in [1.54, 1.807) is 42.5 Å². The maximum atomic E-state index is 14.4. The zero-order valence-corrected chi connectivity index (χ0v) is 26.4. The van der Waals surface area contributed by atoms with Crippen molar-refractivity contribution in [2.45, 2.75) is 19.5 Å². The Kier molecular flexibility index (Phi) is 8.51. The van der Waals surface area contributed by atoms with Gasteiger partial charge in [0.05, 0.1) is 24.5 Å². The van der Waals surface area contributed by atoms with Crippen LogP contribution in [0.15, 0.2) is 91.0 Å². The minimum Gasteiger partial charge on any atom is -0.454 e. The summed E-state index contributed by atoms with van der Waals surface area (Å²) in [7, 11) is 0. The Hall–Kier alpha value is -5.68. The number of ether oxygens (including phenoxy) is 3. The summed E-state index contributed by atoms with van der Waals surface area (Å²) in [6.07, 6.45) is 0. The monoisotopic (exact) mass is 646 g/mol. The van der Waals surface area contributed by atoms with Crippen LogP contribution >= 0.6 is 0 Å². The lowest BCUT2D eigenvalue weighted by atomic mass is 10.0. The third kappa shape index (κ3) is 6.19. The van der Waals surface area contributed by atoms with Crippen LogP contribution in [0, 0.1) is 6.92 Å². The van der Waals surface area contributed by atoms with Gasteiger partial charge in [0.1, 0.15) is 12.6 Å². The minimum absolute atomic E-state index is 0.0433. The van der Waals surface area contributed by atoms with Gasteiger partial charge in [0, 0.05) is 31.0 Å². The lowest BCUT2D eigenvalue weighted by Crippen LogP contribution is -2.46. The number of carbonyl (C=O) groups is 4. The van der Waals surface area contributed by atoms with E-state index < -0.39 is 36.1 Å². The van der Waals surface area contributed by atoms with Crippen LogP contribution in [0.3, 0.4) is 0 Å². The van der Waals surface area contributed by atoms with E-state index in [9.17, 15) is 19.2 Å². The summed E-state index contributed by atoms with van der Waals surface area (Å²) in [6.45, 7) is 4.50. The number of ketones is 1. The first-order chi connectivity index (χ1) is 23.4. The largest absolute Gasteiger partial charge is 0.454 e. The molecule has 1 atom stereocenters. The molecule has 7 rings (SSSR count). The van der Waals surface area contributed by atoms with Crippen molar-refractivity contribution in [3.8, 4) is 11.5 Å². The molecule has 4 aromatic carbocycles. The van der Waals surface area contributed by atoms with Crippen LogP contribution in [0.4, 0.5) is 17.1 Å². The molecule has 1 saturated heterocycles. The standard InChI is InChI=1S/C37H34N4O7/c1-24-6-8-25(9-7-24)21-41(33(42)22-40-30-5-3-2-4-29(30)35(43)37(40)45)34(26-10-15-31-32(20-26)48-23-47-31)36(44)38-27-11-13-28(14-12-27)39-16-18-46-19-17-39/h2-15,20,34H,16-19,21-23H2,1H3,(H,38,44). The first-order valence-corrected chi connectivity index (χ1v) is 15.8. The average Bonchev–Trinajstić information content (AvgIpc) is 3.68. The molecule has 244 valence electrons. The molecule has 1 fully saturated rings. The summed E-state index contributed by atoms with van der Waals surface area (Å²) < 4.78 is 16.6. The normalized spacial score (nSPS) is 15.7. The lowest BCUT2D eigenvalue weighted by Gasteiger charge is -2.33. The molecule has 3 aliphatic heterocycles. The van der Waals surface area contributed by atoms with Gasteiger partial charge >= 0.3 is 0 Å². The molecule has 48 heavy (non-hydrogen) atoms. The number of Topliss-reactive ketones (excluding diaryl/α,β-unsaturated/α-hetero) is 1. The highest BCUT2D eigenvalue weighted by Crippen LogP contribution is 2.37. The molecule has 0 aromatic heterocycles. The molecule has 1 N–H and O–H groups in total. The summed E-state index contributed by atoms with van der Waals surface area (Å²) in [5, 5.41) is 3.01. The van der Waals surface area contributed by atoms with Crippen molar-refractivity contribution in [2.24, 2.45) is 0 Å². The molecule has 11 nitrogen and oxygen atoms in total. The van der Waals surface area contributed by atoms with Crippen molar-refractivity contribution in [1.29, 1.82) is 0 Å². The number of aryl methyl sites for hydroxylation is 1. The van der Waals surface area contributed by atoms with E-state index >= 15 is 0 Å². The Balaban J connectivity index is 1.24. The molecule has 4 aromatic rings. The number of hydrogen-bond acceptors (Lipinski definition) is 8. The molecule has 0 saturated carbocycles. The van der Waals surface area contributed by atoms with Crippen LogP contribution in [0.25, 0.3) is 0 Å². The van der Waals surface area contributed by atoms with E-state index in [0.717, 1.165) is 29.9 Å². The van der Waals surface area contributed by atoms with Gasteiger partial charge in [0.15, 0.2) is 11.5 Å². The third-order valence-corrected chi connectivity index (χ3v) is 8.75. The van der Waals surface area contributed by atoms with Crippen LogP contribution < -0.4 is 24.6 Å². The minimum atomic E-state index is -1.14. The number of morpholine rings is 1. The maximum Gasteiger partial charge on any atom is 0.299 e. The van der Waals surface area contributed by atoms with Gasteiger partial charge < -0.3 is 29.3 Å². The molecule has 1 unspecified atom stereocenters. The summed E-state index contributed by atoms with van der Waals surface area (Å²) >= 11 is 0. The van der Waals surface area contributed by atoms with Crippen LogP contribution in [-0.2, 0) is 25.7 Å². The zero-order chi connectivity index (χ0) is 33.2. The molecule has 0 radical (unpaired) electrons. The molecule has 3 heterocycles. The molecule has 0 aliphatic carbocycles. The number of benzene rings is 4. The molecule has 0 spiro atoms. The van der Waals surface area contributed by atoms with Gasteiger partial charge in [-0.2, -0.15) is 0 Å². The van der Waals surface area contributed by atoms with Gasteiger partial charge in [-0.05, 0) is 66.6 Å². The summed E-state index contributed by atoms with van der Waals surface area (Å²) in [5.41, 5.74) is 4.49. The van der Waals surface area contributed by atoms with Crippen molar-refractivity contribution in [1.82, 2.24) is 4.90 Å². The predicted octanol–water partition coefficient (Wildman–Crippen LogP) is 4.50. The van der Waals surface area contributed by atoms with E-state index in [4.69, 9.17) is 14.2 Å². The van der Waals surface area contributed by atoms with Crippen LogP contribution in [-0.4, -0.2) is 68.0 Å². The Morgan fingerprint density at radius 3 is 2.38 bits per heavy atom. The number of rotatable bonds is 9. The number of nitrogens with zero attached hydrogens (tertiary/aromatic N) is 3. The first-order valence-electron chi connectivity index (χ1n) is 15.8. The molecule has 3 aliphatic rings. The smallest absolute Gasteiger partial charge is 0.299 e. The Labute approximate surface area is 277 Å². The van der Waals surface area contributed by atoms with Crippen molar-refractivity contribution < 1.29 is 33.4 Å². The fourth-order valence-electron chi connectivity index (χ4n) is 6.19. The third-order valence-electron chi connectivity index (χ3n) is 8.75. The molecular formula is C37H34N4O7. The van der Waals surface area contributed by atoms with E-state index in [0.29, 0.717) is 41.7 Å². The lowest BCUT2D eigenvalue weighted by molar-refractivity contribution is -0.139. The summed E-state index contributed by atoms with van der Waals surface area (Å²) in [5.74, 6) is -1.45. The Bertz CT molecular complexity index is 1870. The van der Waals surface area contributed by atoms with Crippen LogP contribution in [0.2, 0.25) is 0 Å². The highest BCUT2D eigenvalue weighted by Gasteiger charge is 2.40. The Morgan fingerprint density at radius 2 is 1.60 bits per heavy atom. The second-order valence-corrected chi connectivity index (χ2v) is 11.9. The number of nitrogens with one attached hydrogen (secondary N) is 1. The Morgan fingerprint density at radius 1 is 0.875 bits per heavy atom. The van der Waals surface area contributed by atoms with Crippen molar-refractivity contribution in [3.63, 3.8) is 0 Å².